The fourth-order valence-electron chi connectivity index (χ4n) is 1.90. The molecule has 0 radical (unpaired) electrons. The van der Waals surface area contributed by atoms with Crippen LogP contribution in [0.25, 0.3) is 0 Å². The Kier molecular flexibility index (Phi) is 10.5. The third-order valence-corrected chi connectivity index (χ3v) is 3.53. The van der Waals surface area contributed by atoms with Crippen molar-refractivity contribution >= 4 is 35.9 Å². The summed E-state index contributed by atoms with van der Waals surface area (Å²) in [5.41, 5.74) is 7.28. The summed E-state index contributed by atoms with van der Waals surface area (Å²) in [5, 5.41) is 5.19. The largest absolute Gasteiger partial charge is 0.469 e. The van der Waals surface area contributed by atoms with Crippen LogP contribution in [-0.2, 0) is 25.5 Å². The third-order valence-electron chi connectivity index (χ3n) is 3.53. The second-order valence-electron chi connectivity index (χ2n) is 5.81. The lowest BCUT2D eigenvalue weighted by Crippen LogP contribution is -2.46. The van der Waals surface area contributed by atoms with Crippen LogP contribution in [0.5, 0.6) is 0 Å². The first-order valence-corrected chi connectivity index (χ1v) is 7.82. The molecule has 1 aromatic rings. The standard InChI is InChI=1S/C17H25N3O4.ClH/c1-11(2)16(18)17(23)19-10-14(21)20-13-7-4-12(5-8-13)6-9-15(22)24-3;/h4-5,7-8,11,16H,6,9-10,18H2,1-3H3,(H,19,23)(H,20,21);1H/t16-;/m0./s1. The number of esters is 1. The predicted molar refractivity (Wildman–Crippen MR) is 98.5 cm³/mol. The number of hydrogen-bond donors (Lipinski definition) is 3. The number of carbonyl (C=O) groups excluding carboxylic acids is 3. The Morgan fingerprint density at radius 3 is 2.28 bits per heavy atom. The molecule has 1 atom stereocenters. The van der Waals surface area contributed by atoms with Gasteiger partial charge in [0.2, 0.25) is 11.8 Å². The Morgan fingerprint density at radius 2 is 1.76 bits per heavy atom. The number of benzene rings is 1. The molecule has 0 unspecified atom stereocenters. The van der Waals surface area contributed by atoms with Crippen molar-refractivity contribution in [2.24, 2.45) is 11.7 Å². The lowest BCUT2D eigenvalue weighted by molar-refractivity contribution is -0.140. The highest BCUT2D eigenvalue weighted by Crippen LogP contribution is 2.11. The number of halogens is 1. The van der Waals surface area contributed by atoms with Gasteiger partial charge in [-0.15, -0.1) is 12.4 Å². The molecule has 25 heavy (non-hydrogen) atoms. The zero-order valence-corrected chi connectivity index (χ0v) is 15.5. The first-order chi connectivity index (χ1) is 11.3. The maximum Gasteiger partial charge on any atom is 0.305 e. The normalized spacial score (nSPS) is 11.2. The highest BCUT2D eigenvalue weighted by molar-refractivity contribution is 5.95. The molecule has 1 aromatic carbocycles. The minimum absolute atomic E-state index is 0. The average molecular weight is 372 g/mol. The van der Waals surface area contributed by atoms with E-state index in [0.717, 1.165) is 5.56 Å². The minimum atomic E-state index is -0.633. The molecule has 0 aliphatic heterocycles. The smallest absolute Gasteiger partial charge is 0.305 e. The molecule has 140 valence electrons. The molecule has 0 spiro atoms. The van der Waals surface area contributed by atoms with Gasteiger partial charge in [-0.25, -0.2) is 0 Å². The molecule has 0 fully saturated rings. The number of aryl methyl sites for hydroxylation is 1. The van der Waals surface area contributed by atoms with Crippen LogP contribution >= 0.6 is 12.4 Å². The molecular weight excluding hydrogens is 346 g/mol. The molecule has 0 aliphatic rings. The van der Waals surface area contributed by atoms with Crippen LogP contribution in [0, 0.1) is 5.92 Å². The monoisotopic (exact) mass is 371 g/mol. The van der Waals surface area contributed by atoms with E-state index >= 15 is 0 Å². The summed E-state index contributed by atoms with van der Waals surface area (Å²) in [6.45, 7) is 3.54. The van der Waals surface area contributed by atoms with Gasteiger partial charge in [-0.05, 0) is 30.0 Å². The maximum absolute atomic E-state index is 11.8. The number of nitrogens with one attached hydrogen (secondary N) is 2. The van der Waals surface area contributed by atoms with Crippen molar-refractivity contribution in [3.05, 3.63) is 29.8 Å². The van der Waals surface area contributed by atoms with E-state index in [0.29, 0.717) is 18.5 Å². The lowest BCUT2D eigenvalue weighted by atomic mass is 10.1. The third kappa shape index (κ3) is 8.51. The lowest BCUT2D eigenvalue weighted by Gasteiger charge is -2.15. The molecule has 7 nitrogen and oxygen atoms in total. The van der Waals surface area contributed by atoms with Crippen molar-refractivity contribution in [3.63, 3.8) is 0 Å². The summed E-state index contributed by atoms with van der Waals surface area (Å²) in [6.07, 6.45) is 0.883. The zero-order chi connectivity index (χ0) is 18.1. The molecule has 4 N–H and O–H groups in total. The average Bonchev–Trinajstić information content (AvgIpc) is 2.57. The Bertz CT molecular complexity index is 576. The number of carbonyl (C=O) groups is 3. The number of methoxy groups -OCH3 is 1. The van der Waals surface area contributed by atoms with Crippen LogP contribution in [0.1, 0.15) is 25.8 Å². The van der Waals surface area contributed by atoms with Crippen molar-refractivity contribution < 1.29 is 19.1 Å². The van der Waals surface area contributed by atoms with Gasteiger partial charge in [-0.2, -0.15) is 0 Å². The topological polar surface area (TPSA) is 111 Å². The summed E-state index contributed by atoms with van der Waals surface area (Å²) in [7, 11) is 1.35. The number of nitrogens with two attached hydrogens (primary N) is 1. The summed E-state index contributed by atoms with van der Waals surface area (Å²) in [4.78, 5) is 34.6. The van der Waals surface area contributed by atoms with Gasteiger partial charge in [-0.3, -0.25) is 14.4 Å². The first kappa shape index (κ1) is 22.9. The molecule has 0 saturated heterocycles. The molecule has 0 saturated carbocycles. The van der Waals surface area contributed by atoms with Gasteiger partial charge in [0.15, 0.2) is 0 Å². The number of rotatable bonds is 8. The Hall–Kier alpha value is -2.12. The van der Waals surface area contributed by atoms with Gasteiger partial charge in [0.1, 0.15) is 0 Å². The molecule has 2 amide bonds. The van der Waals surface area contributed by atoms with Crippen LogP contribution in [0.2, 0.25) is 0 Å². The molecule has 0 bridgehead atoms. The van der Waals surface area contributed by atoms with E-state index in [2.05, 4.69) is 15.4 Å². The second kappa shape index (κ2) is 11.4. The van der Waals surface area contributed by atoms with Crippen molar-refractivity contribution in [2.45, 2.75) is 32.7 Å². The molecule has 1 rings (SSSR count). The number of ether oxygens (including phenoxy) is 1. The highest BCUT2D eigenvalue weighted by atomic mass is 35.5. The van der Waals surface area contributed by atoms with Gasteiger partial charge in [0, 0.05) is 12.1 Å². The van der Waals surface area contributed by atoms with Crippen LogP contribution in [-0.4, -0.2) is 37.5 Å². The Labute approximate surface area is 154 Å². The van der Waals surface area contributed by atoms with Crippen LogP contribution in [0.15, 0.2) is 24.3 Å². The van der Waals surface area contributed by atoms with Gasteiger partial charge < -0.3 is 21.1 Å². The molecule has 8 heteroatoms. The number of hydrogen-bond acceptors (Lipinski definition) is 5. The van der Waals surface area contributed by atoms with Gasteiger partial charge >= 0.3 is 5.97 Å². The van der Waals surface area contributed by atoms with Crippen LogP contribution in [0.4, 0.5) is 5.69 Å². The SMILES string of the molecule is COC(=O)CCc1ccc(NC(=O)CNC(=O)[C@@H](N)C(C)C)cc1.Cl. The van der Waals surface area contributed by atoms with E-state index in [4.69, 9.17) is 5.73 Å². The molecule has 0 heterocycles. The Morgan fingerprint density at radius 1 is 1.16 bits per heavy atom. The summed E-state index contributed by atoms with van der Waals surface area (Å²) in [5.74, 6) is -0.937. The first-order valence-electron chi connectivity index (χ1n) is 7.82. The second-order valence-corrected chi connectivity index (χ2v) is 5.81. The summed E-state index contributed by atoms with van der Waals surface area (Å²) >= 11 is 0. The van der Waals surface area contributed by atoms with Crippen LogP contribution < -0.4 is 16.4 Å². The highest BCUT2D eigenvalue weighted by Gasteiger charge is 2.17. The van der Waals surface area contributed by atoms with Gasteiger partial charge in [0.05, 0.1) is 19.7 Å². The van der Waals surface area contributed by atoms with Crippen molar-refractivity contribution in [2.75, 3.05) is 19.0 Å². The summed E-state index contributed by atoms with van der Waals surface area (Å²) in [6, 6.07) is 6.50. The van der Waals surface area contributed by atoms with E-state index in [1.54, 1.807) is 12.1 Å². The zero-order valence-electron chi connectivity index (χ0n) is 14.7. The fourth-order valence-corrected chi connectivity index (χ4v) is 1.90. The quantitative estimate of drug-likeness (QED) is 0.595. The molecule has 0 aromatic heterocycles. The molecular formula is C17H26ClN3O4. The van der Waals surface area contributed by atoms with E-state index in [-0.39, 0.29) is 42.7 Å². The van der Waals surface area contributed by atoms with Gasteiger partial charge in [0.25, 0.3) is 0 Å². The van der Waals surface area contributed by atoms with Crippen molar-refractivity contribution in [1.82, 2.24) is 5.32 Å². The van der Waals surface area contributed by atoms with E-state index in [9.17, 15) is 14.4 Å². The Balaban J connectivity index is 0.00000576. The van der Waals surface area contributed by atoms with E-state index < -0.39 is 6.04 Å². The van der Waals surface area contributed by atoms with Gasteiger partial charge in [-0.1, -0.05) is 26.0 Å². The minimum Gasteiger partial charge on any atom is -0.469 e. The predicted octanol–water partition coefficient (Wildman–Crippen LogP) is 1.25. The van der Waals surface area contributed by atoms with E-state index in [1.165, 1.54) is 7.11 Å². The van der Waals surface area contributed by atoms with Crippen molar-refractivity contribution in [3.8, 4) is 0 Å². The number of amides is 2. The maximum atomic E-state index is 11.8. The van der Waals surface area contributed by atoms with Crippen LogP contribution in [0.3, 0.4) is 0 Å². The molecule has 0 aliphatic carbocycles. The number of anilines is 1. The van der Waals surface area contributed by atoms with E-state index in [1.807, 2.05) is 26.0 Å². The summed E-state index contributed by atoms with van der Waals surface area (Å²) < 4.78 is 4.59. The van der Waals surface area contributed by atoms with Crippen molar-refractivity contribution in [1.29, 1.82) is 0 Å². The fraction of sp³-hybridized carbons (Fsp3) is 0.471.